The number of halogens is 1. The van der Waals surface area contributed by atoms with Gasteiger partial charge in [-0.1, -0.05) is 0 Å². The SMILES string of the molecule is CN(C)Cc1cccc[c]1[Bi]([Cl])[c]1ccccc1. The van der Waals surface area contributed by atoms with Crippen LogP contribution in [0, 0.1) is 0 Å². The second-order valence-corrected chi connectivity index (χ2v) is 13.5. The summed E-state index contributed by atoms with van der Waals surface area (Å²) in [5.41, 5.74) is 1.37. The second-order valence-electron chi connectivity index (χ2n) is 4.48. The Morgan fingerprint density at radius 2 is 1.56 bits per heavy atom. The second kappa shape index (κ2) is 6.66. The minimum atomic E-state index is -2.27. The van der Waals surface area contributed by atoms with Crippen LogP contribution >= 0.6 is 8.51 Å². The van der Waals surface area contributed by atoms with Crippen molar-refractivity contribution in [1.29, 1.82) is 0 Å². The van der Waals surface area contributed by atoms with Crippen LogP contribution < -0.4 is 6.54 Å². The Balaban J connectivity index is 2.33. The summed E-state index contributed by atoms with van der Waals surface area (Å²) in [5, 5.41) is 0. The summed E-state index contributed by atoms with van der Waals surface area (Å²) in [6.07, 6.45) is 0. The fraction of sp³-hybridized carbons (Fsp3) is 0.200. The number of nitrogens with zero attached hydrogens (tertiary/aromatic N) is 1. The molecule has 0 aliphatic carbocycles. The first kappa shape index (κ1) is 14.0. The van der Waals surface area contributed by atoms with Crippen LogP contribution in [-0.4, -0.2) is 39.6 Å². The molecule has 0 fully saturated rings. The van der Waals surface area contributed by atoms with E-state index in [-0.39, 0.29) is 0 Å². The molecular weight excluding hydrogens is 439 g/mol. The van der Waals surface area contributed by atoms with Gasteiger partial charge in [-0.15, -0.1) is 0 Å². The van der Waals surface area contributed by atoms with Crippen molar-refractivity contribution in [2.75, 3.05) is 14.1 Å². The fourth-order valence-corrected chi connectivity index (χ4v) is 9.47. The summed E-state index contributed by atoms with van der Waals surface area (Å²) < 4.78 is 2.74. The van der Waals surface area contributed by atoms with Crippen molar-refractivity contribution in [3.8, 4) is 0 Å². The van der Waals surface area contributed by atoms with Gasteiger partial charge in [-0.25, -0.2) is 0 Å². The zero-order valence-electron chi connectivity index (χ0n) is 10.7. The van der Waals surface area contributed by atoms with E-state index in [4.69, 9.17) is 8.51 Å². The molecule has 3 heteroatoms. The van der Waals surface area contributed by atoms with Crippen LogP contribution in [0.3, 0.4) is 0 Å². The van der Waals surface area contributed by atoms with E-state index in [1.165, 1.54) is 12.1 Å². The van der Waals surface area contributed by atoms with Crippen LogP contribution in [0.4, 0.5) is 0 Å². The van der Waals surface area contributed by atoms with Crippen LogP contribution in [0.5, 0.6) is 0 Å². The third kappa shape index (κ3) is 3.54. The van der Waals surface area contributed by atoms with Gasteiger partial charge in [-0.2, -0.15) is 0 Å². The first-order chi connectivity index (χ1) is 8.68. The maximum atomic E-state index is 6.81. The Hall–Kier alpha value is -0.427. The summed E-state index contributed by atoms with van der Waals surface area (Å²) in [5.74, 6) is 0. The van der Waals surface area contributed by atoms with Crippen molar-refractivity contribution in [3.63, 3.8) is 0 Å². The average molecular weight is 456 g/mol. The number of hydrogen-bond acceptors (Lipinski definition) is 1. The van der Waals surface area contributed by atoms with Crippen molar-refractivity contribution < 1.29 is 0 Å². The van der Waals surface area contributed by atoms with Gasteiger partial charge in [0.25, 0.3) is 0 Å². The standard InChI is InChI=1S/C9H12N.C6H5.Bi.ClH/c1-10(2)8-9-6-4-3-5-7-9;1-2-4-6-5-3-1;;/h3-6H,8H2,1-2H3;1-5H;;1H/q;;+1;/p-1. The van der Waals surface area contributed by atoms with Gasteiger partial charge in [0.15, 0.2) is 0 Å². The van der Waals surface area contributed by atoms with Gasteiger partial charge in [0.2, 0.25) is 0 Å². The van der Waals surface area contributed by atoms with E-state index in [9.17, 15) is 0 Å². The normalized spacial score (nSPS) is 11.2. The van der Waals surface area contributed by atoms with Gasteiger partial charge < -0.3 is 0 Å². The molecule has 0 aliphatic heterocycles. The summed E-state index contributed by atoms with van der Waals surface area (Å²) in [6.45, 7) is 0.960. The van der Waals surface area contributed by atoms with E-state index in [0.29, 0.717) is 0 Å². The van der Waals surface area contributed by atoms with Gasteiger partial charge in [-0.3, -0.25) is 0 Å². The Morgan fingerprint density at radius 3 is 2.22 bits per heavy atom. The number of rotatable bonds is 4. The third-order valence-electron chi connectivity index (χ3n) is 2.67. The van der Waals surface area contributed by atoms with Crippen LogP contribution in [0.25, 0.3) is 0 Å². The van der Waals surface area contributed by atoms with Crippen molar-refractivity contribution >= 4 is 35.6 Å². The predicted molar refractivity (Wildman–Crippen MR) is 81.2 cm³/mol. The van der Waals surface area contributed by atoms with E-state index in [1.807, 2.05) is 6.07 Å². The molecule has 0 heterocycles. The molecule has 0 aromatic heterocycles. The Labute approximate surface area is 121 Å². The van der Waals surface area contributed by atoms with E-state index < -0.39 is 20.6 Å². The molecule has 2 rings (SSSR count). The van der Waals surface area contributed by atoms with Crippen LogP contribution in [-0.2, 0) is 6.54 Å². The Bertz CT molecular complexity index is 499. The van der Waals surface area contributed by atoms with Gasteiger partial charge in [0, 0.05) is 0 Å². The molecule has 0 radical (unpaired) electrons. The molecule has 0 N–H and O–H groups in total. The van der Waals surface area contributed by atoms with Crippen molar-refractivity contribution in [1.82, 2.24) is 4.90 Å². The monoisotopic (exact) mass is 455 g/mol. The molecule has 0 aliphatic rings. The molecule has 0 atom stereocenters. The van der Waals surface area contributed by atoms with Gasteiger partial charge in [0.1, 0.15) is 0 Å². The fourth-order valence-electron chi connectivity index (χ4n) is 1.87. The molecule has 0 saturated carbocycles. The Morgan fingerprint density at radius 1 is 0.944 bits per heavy atom. The summed E-state index contributed by atoms with van der Waals surface area (Å²) in [4.78, 5) is 2.19. The average Bonchev–Trinajstić information content (AvgIpc) is 2.39. The van der Waals surface area contributed by atoms with Crippen LogP contribution in [0.2, 0.25) is 0 Å². The van der Waals surface area contributed by atoms with Crippen molar-refractivity contribution in [3.05, 3.63) is 60.2 Å². The van der Waals surface area contributed by atoms with Crippen LogP contribution in [0.15, 0.2) is 54.6 Å². The zero-order chi connectivity index (χ0) is 13.0. The molecule has 0 saturated heterocycles. The molecule has 0 amide bonds. The maximum absolute atomic E-state index is 6.81. The number of benzene rings is 2. The molecule has 0 unspecified atom stereocenters. The van der Waals surface area contributed by atoms with E-state index in [0.717, 1.165) is 6.54 Å². The zero-order valence-corrected chi connectivity index (χ0v) is 14.9. The minimum absolute atomic E-state index is 0.960. The first-order valence-electron chi connectivity index (χ1n) is 5.92. The summed E-state index contributed by atoms with van der Waals surface area (Å²) in [6, 6.07) is 19.1. The molecule has 2 aromatic carbocycles. The molecular formula is C15H17BiClN. The molecule has 0 spiro atoms. The van der Waals surface area contributed by atoms with Gasteiger partial charge in [0.05, 0.1) is 0 Å². The van der Waals surface area contributed by atoms with E-state index >= 15 is 0 Å². The van der Waals surface area contributed by atoms with Crippen molar-refractivity contribution in [2.45, 2.75) is 6.54 Å². The van der Waals surface area contributed by atoms with E-state index in [2.05, 4.69) is 67.5 Å². The molecule has 2 aromatic rings. The summed E-state index contributed by atoms with van der Waals surface area (Å²) in [7, 11) is 11.0. The summed E-state index contributed by atoms with van der Waals surface area (Å²) >= 11 is -2.27. The first-order valence-corrected chi connectivity index (χ1v) is 13.7. The topological polar surface area (TPSA) is 3.24 Å². The van der Waals surface area contributed by atoms with Crippen LogP contribution in [0.1, 0.15) is 5.56 Å². The van der Waals surface area contributed by atoms with Gasteiger partial charge in [-0.05, 0) is 0 Å². The van der Waals surface area contributed by atoms with Crippen molar-refractivity contribution in [2.24, 2.45) is 0 Å². The number of hydrogen-bond donors (Lipinski definition) is 0. The molecule has 18 heavy (non-hydrogen) atoms. The Kier molecular flexibility index (Phi) is 5.17. The van der Waals surface area contributed by atoms with Gasteiger partial charge >= 0.3 is 121 Å². The van der Waals surface area contributed by atoms with E-state index in [1.54, 1.807) is 0 Å². The third-order valence-corrected chi connectivity index (χ3v) is 12.2. The molecule has 0 bridgehead atoms. The molecule has 94 valence electrons. The quantitative estimate of drug-likeness (QED) is 0.638. The predicted octanol–water partition coefficient (Wildman–Crippen LogP) is 2.09. The molecule has 1 nitrogen and oxygen atoms in total.